The van der Waals surface area contributed by atoms with Gasteiger partial charge in [0.05, 0.1) is 10.9 Å². The molecule has 0 bridgehead atoms. The molecule has 2 N–H and O–H groups in total. The minimum atomic E-state index is -0.0536. The molecular weight excluding hydrogens is 236 g/mol. The molecule has 0 aliphatic rings. The lowest BCUT2D eigenvalue weighted by molar-refractivity contribution is 0.427. The highest BCUT2D eigenvalue weighted by atomic mass is 32.2. The summed E-state index contributed by atoms with van der Waals surface area (Å²) >= 11 is 1.44. The second kappa shape index (κ2) is 5.29. The molecule has 2 rings (SSSR count). The molecule has 2 heterocycles. The van der Waals surface area contributed by atoms with Crippen LogP contribution in [-0.2, 0) is 0 Å². The van der Waals surface area contributed by atoms with E-state index in [2.05, 4.69) is 15.2 Å². The van der Waals surface area contributed by atoms with Gasteiger partial charge in [-0.3, -0.25) is 4.98 Å². The van der Waals surface area contributed by atoms with Crippen molar-refractivity contribution in [2.75, 3.05) is 0 Å². The van der Waals surface area contributed by atoms with Gasteiger partial charge in [-0.2, -0.15) is 0 Å². The van der Waals surface area contributed by atoms with Crippen molar-refractivity contribution in [1.29, 1.82) is 0 Å². The van der Waals surface area contributed by atoms with Gasteiger partial charge in [0.15, 0.2) is 0 Å². The Morgan fingerprint density at radius 2 is 2.18 bits per heavy atom. The van der Waals surface area contributed by atoms with Crippen LogP contribution >= 0.6 is 11.8 Å². The molecule has 0 aliphatic carbocycles. The lowest BCUT2D eigenvalue weighted by Gasteiger charge is -2.17. The molecule has 17 heavy (non-hydrogen) atoms. The van der Waals surface area contributed by atoms with Crippen molar-refractivity contribution >= 4 is 11.8 Å². The fraction of sp³-hybridized carbons (Fsp3) is 0.364. The van der Waals surface area contributed by atoms with Gasteiger partial charge >= 0.3 is 0 Å². The first-order chi connectivity index (χ1) is 8.16. The summed E-state index contributed by atoms with van der Waals surface area (Å²) in [5.41, 5.74) is 6.89. The Morgan fingerprint density at radius 1 is 1.35 bits per heavy atom. The Kier molecular flexibility index (Phi) is 3.75. The van der Waals surface area contributed by atoms with E-state index < -0.39 is 0 Å². The van der Waals surface area contributed by atoms with E-state index in [1.165, 1.54) is 11.8 Å². The zero-order valence-corrected chi connectivity index (χ0v) is 10.5. The van der Waals surface area contributed by atoms with Crippen molar-refractivity contribution in [3.63, 3.8) is 0 Å². The van der Waals surface area contributed by atoms with E-state index in [0.717, 1.165) is 5.69 Å². The maximum Gasteiger partial charge on any atom is 0.277 e. The fourth-order valence-electron chi connectivity index (χ4n) is 1.42. The van der Waals surface area contributed by atoms with Crippen LogP contribution in [0.15, 0.2) is 34.0 Å². The molecule has 2 aromatic heterocycles. The molecule has 0 aliphatic heterocycles. The van der Waals surface area contributed by atoms with Crippen LogP contribution in [0.5, 0.6) is 0 Å². The minimum Gasteiger partial charge on any atom is -0.416 e. The minimum absolute atomic E-state index is 0.0102. The van der Waals surface area contributed by atoms with Gasteiger partial charge in [-0.25, -0.2) is 0 Å². The van der Waals surface area contributed by atoms with Crippen molar-refractivity contribution in [1.82, 2.24) is 15.2 Å². The first-order valence-corrected chi connectivity index (χ1v) is 6.18. The molecule has 90 valence electrons. The van der Waals surface area contributed by atoms with Gasteiger partial charge in [0.2, 0.25) is 5.89 Å². The lowest BCUT2D eigenvalue weighted by Crippen LogP contribution is -2.23. The zero-order chi connectivity index (χ0) is 12.3. The van der Waals surface area contributed by atoms with Crippen LogP contribution in [-0.4, -0.2) is 21.2 Å². The largest absolute Gasteiger partial charge is 0.416 e. The maximum atomic E-state index is 5.97. The number of pyridine rings is 1. The summed E-state index contributed by atoms with van der Waals surface area (Å²) in [5.74, 6) is 0.553. The zero-order valence-electron chi connectivity index (χ0n) is 9.70. The number of thioether (sulfide) groups is 1. The molecule has 6 heteroatoms. The second-order valence-electron chi connectivity index (χ2n) is 3.74. The topological polar surface area (TPSA) is 77.8 Å². The summed E-state index contributed by atoms with van der Waals surface area (Å²) in [6.07, 6.45) is 1.75. The van der Waals surface area contributed by atoms with Crippen LogP contribution < -0.4 is 5.73 Å². The first-order valence-electron chi connectivity index (χ1n) is 5.30. The number of aromatic nitrogens is 3. The average Bonchev–Trinajstić information content (AvgIpc) is 2.73. The number of nitrogens with zero attached hydrogens (tertiary/aromatic N) is 3. The summed E-state index contributed by atoms with van der Waals surface area (Å²) < 4.78 is 5.34. The van der Waals surface area contributed by atoms with Crippen LogP contribution in [0.2, 0.25) is 0 Å². The molecule has 0 saturated carbocycles. The van der Waals surface area contributed by atoms with Crippen LogP contribution in [0.1, 0.15) is 23.8 Å². The first kappa shape index (κ1) is 12.1. The Labute approximate surface area is 104 Å². The average molecular weight is 250 g/mol. The summed E-state index contributed by atoms with van der Waals surface area (Å²) in [5, 5.41) is 8.28. The molecule has 0 aromatic carbocycles. The third-order valence-electron chi connectivity index (χ3n) is 2.19. The van der Waals surface area contributed by atoms with Gasteiger partial charge in [-0.05, 0) is 19.1 Å². The summed E-state index contributed by atoms with van der Waals surface area (Å²) in [6, 6.07) is 5.72. The van der Waals surface area contributed by atoms with Crippen molar-refractivity contribution < 1.29 is 4.42 Å². The number of hydrogen-bond donors (Lipinski definition) is 1. The summed E-state index contributed by atoms with van der Waals surface area (Å²) in [4.78, 5) is 4.31. The van der Waals surface area contributed by atoms with Crippen LogP contribution in [0, 0.1) is 6.92 Å². The monoisotopic (exact) mass is 250 g/mol. The Bertz CT molecular complexity index is 471. The van der Waals surface area contributed by atoms with E-state index >= 15 is 0 Å². The van der Waals surface area contributed by atoms with E-state index in [0.29, 0.717) is 11.1 Å². The SMILES string of the molecule is Cc1nnc(SC(c2ccccn2)C(C)N)o1. The third-order valence-corrected chi connectivity index (χ3v) is 3.48. The van der Waals surface area contributed by atoms with E-state index in [4.69, 9.17) is 10.2 Å². The number of hydrogen-bond acceptors (Lipinski definition) is 6. The molecule has 0 spiro atoms. The van der Waals surface area contributed by atoms with E-state index in [1.54, 1.807) is 13.1 Å². The number of nitrogens with two attached hydrogens (primary N) is 1. The van der Waals surface area contributed by atoms with Crippen LogP contribution in [0.4, 0.5) is 0 Å². The van der Waals surface area contributed by atoms with E-state index in [1.807, 2.05) is 25.1 Å². The normalized spacial score (nSPS) is 14.5. The highest BCUT2D eigenvalue weighted by molar-refractivity contribution is 7.99. The highest BCUT2D eigenvalue weighted by Crippen LogP contribution is 2.35. The molecule has 2 unspecified atom stereocenters. The second-order valence-corrected chi connectivity index (χ2v) is 4.83. The lowest BCUT2D eigenvalue weighted by atomic mass is 10.2. The molecular formula is C11H14N4OS. The quantitative estimate of drug-likeness (QED) is 0.836. The molecule has 2 aromatic rings. The summed E-state index contributed by atoms with van der Waals surface area (Å²) in [6.45, 7) is 3.70. The molecule has 2 atom stereocenters. The fourth-order valence-corrected chi connectivity index (χ4v) is 2.36. The Hall–Kier alpha value is -1.40. The predicted octanol–water partition coefficient (Wildman–Crippen LogP) is 1.95. The van der Waals surface area contributed by atoms with Crippen molar-refractivity contribution in [2.24, 2.45) is 5.73 Å². The highest BCUT2D eigenvalue weighted by Gasteiger charge is 2.21. The van der Waals surface area contributed by atoms with Crippen molar-refractivity contribution in [2.45, 2.75) is 30.4 Å². The predicted molar refractivity (Wildman–Crippen MR) is 65.5 cm³/mol. The van der Waals surface area contributed by atoms with Gasteiger partial charge in [0, 0.05) is 19.2 Å². The van der Waals surface area contributed by atoms with E-state index in [9.17, 15) is 0 Å². The smallest absolute Gasteiger partial charge is 0.277 e. The standard InChI is InChI=1S/C11H14N4OS/c1-7(12)10(9-5-3-4-6-13-9)17-11-15-14-8(2)16-11/h3-7,10H,12H2,1-2H3. The van der Waals surface area contributed by atoms with Gasteiger partial charge in [0.1, 0.15) is 0 Å². The van der Waals surface area contributed by atoms with Gasteiger partial charge in [-0.1, -0.05) is 17.8 Å². The van der Waals surface area contributed by atoms with E-state index in [-0.39, 0.29) is 11.3 Å². The number of rotatable bonds is 4. The molecule has 5 nitrogen and oxygen atoms in total. The molecule has 0 fully saturated rings. The van der Waals surface area contributed by atoms with Crippen molar-refractivity contribution in [3.05, 3.63) is 36.0 Å². The van der Waals surface area contributed by atoms with Crippen LogP contribution in [0.25, 0.3) is 0 Å². The van der Waals surface area contributed by atoms with Gasteiger partial charge in [-0.15, -0.1) is 10.2 Å². The molecule has 0 amide bonds. The van der Waals surface area contributed by atoms with Crippen molar-refractivity contribution in [3.8, 4) is 0 Å². The van der Waals surface area contributed by atoms with Crippen LogP contribution in [0.3, 0.4) is 0 Å². The summed E-state index contributed by atoms with van der Waals surface area (Å²) in [7, 11) is 0. The number of aryl methyl sites for hydroxylation is 1. The molecule has 0 saturated heterocycles. The maximum absolute atomic E-state index is 5.97. The van der Waals surface area contributed by atoms with Gasteiger partial charge < -0.3 is 10.2 Å². The third kappa shape index (κ3) is 3.04. The Morgan fingerprint density at radius 3 is 2.71 bits per heavy atom. The molecule has 0 radical (unpaired) electrons. The Balaban J connectivity index is 2.19. The van der Waals surface area contributed by atoms with Gasteiger partial charge in [0.25, 0.3) is 5.22 Å².